The largest absolute Gasteiger partial charge is 0.393 e. The van der Waals surface area contributed by atoms with Gasteiger partial charge in [-0.05, 0) is 25.0 Å². The van der Waals surface area contributed by atoms with Gasteiger partial charge < -0.3 is 15.4 Å². The van der Waals surface area contributed by atoms with E-state index in [0.717, 1.165) is 25.7 Å². The summed E-state index contributed by atoms with van der Waals surface area (Å²) in [5.74, 6) is -0.00131. The average molecular weight is 266 g/mol. The summed E-state index contributed by atoms with van der Waals surface area (Å²) in [6, 6.07) is 3.45. The third kappa shape index (κ3) is 3.17. The van der Waals surface area contributed by atoms with Crippen LogP contribution >= 0.6 is 12.2 Å². The Balaban J connectivity index is 1.92. The van der Waals surface area contributed by atoms with Crippen molar-refractivity contribution in [2.24, 2.45) is 5.92 Å². The molecule has 1 fully saturated rings. The molecule has 18 heavy (non-hydrogen) atoms. The molecule has 1 aliphatic carbocycles. The molecule has 1 heterocycles. The number of hydrogen-bond acceptors (Lipinski definition) is 3. The van der Waals surface area contributed by atoms with E-state index in [1.807, 2.05) is 0 Å². The molecule has 1 aliphatic rings. The van der Waals surface area contributed by atoms with Gasteiger partial charge in [0.05, 0.1) is 11.7 Å². The number of aliphatic hydroxyl groups excluding tert-OH is 1. The number of nitrogens with one attached hydrogen (secondary N) is 2. The Morgan fingerprint density at radius 3 is 3.00 bits per heavy atom. The standard InChI is InChI=1S/C13H18N2O2S/c16-11-6-2-1-4-9(11)8-15-12(17)10-5-3-7-14-13(10)18/h3,5,7,9,11,16H,1-2,4,6,8H2,(H,14,18)(H,15,17)/t9-,11+/m1/s1. The number of H-pyrrole nitrogens is 1. The number of amides is 1. The van der Waals surface area contributed by atoms with Crippen LogP contribution in [0.1, 0.15) is 36.0 Å². The molecule has 1 aromatic heterocycles. The fourth-order valence-corrected chi connectivity index (χ4v) is 2.57. The van der Waals surface area contributed by atoms with Crippen molar-refractivity contribution in [1.29, 1.82) is 0 Å². The summed E-state index contributed by atoms with van der Waals surface area (Å²) >= 11 is 5.06. The average Bonchev–Trinajstić information content (AvgIpc) is 2.38. The van der Waals surface area contributed by atoms with Crippen molar-refractivity contribution in [3.05, 3.63) is 28.5 Å². The van der Waals surface area contributed by atoms with Crippen LogP contribution in [0.4, 0.5) is 0 Å². The Morgan fingerprint density at radius 2 is 2.28 bits per heavy atom. The third-order valence-electron chi connectivity index (χ3n) is 3.46. The number of pyridine rings is 1. The Morgan fingerprint density at radius 1 is 1.50 bits per heavy atom. The number of aromatic amines is 1. The molecular formula is C13H18N2O2S. The van der Waals surface area contributed by atoms with Gasteiger partial charge in [-0.3, -0.25) is 4.79 Å². The van der Waals surface area contributed by atoms with Gasteiger partial charge in [-0.1, -0.05) is 25.1 Å². The van der Waals surface area contributed by atoms with Crippen LogP contribution in [0.15, 0.2) is 18.3 Å². The lowest BCUT2D eigenvalue weighted by molar-refractivity contribution is 0.0662. The number of hydrogen-bond donors (Lipinski definition) is 3. The van der Waals surface area contributed by atoms with Gasteiger partial charge in [0, 0.05) is 18.7 Å². The molecule has 1 amide bonds. The topological polar surface area (TPSA) is 65.1 Å². The maximum absolute atomic E-state index is 11.9. The summed E-state index contributed by atoms with van der Waals surface area (Å²) in [7, 11) is 0. The van der Waals surface area contributed by atoms with E-state index in [1.54, 1.807) is 18.3 Å². The van der Waals surface area contributed by atoms with Crippen molar-refractivity contribution in [2.45, 2.75) is 31.8 Å². The van der Waals surface area contributed by atoms with E-state index in [9.17, 15) is 9.90 Å². The molecule has 0 unspecified atom stereocenters. The molecule has 3 N–H and O–H groups in total. The summed E-state index contributed by atoms with van der Waals surface area (Å²) < 4.78 is 0.444. The Bertz CT molecular complexity index is 472. The van der Waals surface area contributed by atoms with E-state index < -0.39 is 0 Å². The first-order chi connectivity index (χ1) is 8.68. The van der Waals surface area contributed by atoms with Crippen molar-refractivity contribution >= 4 is 18.1 Å². The van der Waals surface area contributed by atoms with Gasteiger partial charge >= 0.3 is 0 Å². The normalized spacial score (nSPS) is 23.6. The van der Waals surface area contributed by atoms with Gasteiger partial charge in [0.2, 0.25) is 0 Å². The second kappa shape index (κ2) is 6.11. The van der Waals surface area contributed by atoms with Crippen LogP contribution in [0.25, 0.3) is 0 Å². The van der Waals surface area contributed by atoms with Gasteiger partial charge in [-0.15, -0.1) is 0 Å². The lowest BCUT2D eigenvalue weighted by atomic mass is 9.86. The van der Waals surface area contributed by atoms with Crippen molar-refractivity contribution in [2.75, 3.05) is 6.54 Å². The summed E-state index contributed by atoms with van der Waals surface area (Å²) in [5.41, 5.74) is 0.484. The number of rotatable bonds is 3. The first kappa shape index (κ1) is 13.2. The van der Waals surface area contributed by atoms with Crippen LogP contribution in [-0.2, 0) is 0 Å². The van der Waals surface area contributed by atoms with Crippen molar-refractivity contribution in [3.63, 3.8) is 0 Å². The van der Waals surface area contributed by atoms with Crippen molar-refractivity contribution in [3.8, 4) is 0 Å². The van der Waals surface area contributed by atoms with Crippen LogP contribution in [0.3, 0.4) is 0 Å². The zero-order valence-corrected chi connectivity index (χ0v) is 11.0. The number of aliphatic hydroxyl groups is 1. The molecule has 0 radical (unpaired) electrons. The fourth-order valence-electron chi connectivity index (χ4n) is 2.35. The van der Waals surface area contributed by atoms with Crippen LogP contribution in [-0.4, -0.2) is 28.6 Å². The van der Waals surface area contributed by atoms with Gasteiger partial charge in [0.15, 0.2) is 0 Å². The van der Waals surface area contributed by atoms with E-state index in [2.05, 4.69) is 10.3 Å². The second-order valence-electron chi connectivity index (χ2n) is 4.73. The van der Waals surface area contributed by atoms with E-state index in [0.29, 0.717) is 16.7 Å². The molecule has 0 aliphatic heterocycles. The van der Waals surface area contributed by atoms with Crippen LogP contribution in [0, 0.1) is 10.6 Å². The smallest absolute Gasteiger partial charge is 0.254 e. The summed E-state index contributed by atoms with van der Waals surface area (Å²) in [6.07, 6.45) is 5.43. The Hall–Kier alpha value is -1.20. The lowest BCUT2D eigenvalue weighted by Crippen LogP contribution is -2.36. The van der Waals surface area contributed by atoms with Crippen LogP contribution in [0.2, 0.25) is 0 Å². The van der Waals surface area contributed by atoms with E-state index in [1.165, 1.54) is 0 Å². The second-order valence-corrected chi connectivity index (χ2v) is 5.14. The Labute approximate surface area is 111 Å². The first-order valence-corrected chi connectivity index (χ1v) is 6.73. The van der Waals surface area contributed by atoms with E-state index >= 15 is 0 Å². The van der Waals surface area contributed by atoms with Crippen molar-refractivity contribution < 1.29 is 9.90 Å². The summed E-state index contributed by atoms with van der Waals surface area (Å²) in [5, 5.41) is 12.7. The molecule has 0 bridgehead atoms. The molecule has 98 valence electrons. The van der Waals surface area contributed by atoms with E-state index in [4.69, 9.17) is 12.2 Å². The first-order valence-electron chi connectivity index (χ1n) is 6.32. The predicted octanol–water partition coefficient (Wildman–Crippen LogP) is 2.03. The maximum Gasteiger partial charge on any atom is 0.254 e. The number of carbonyl (C=O) groups excluding carboxylic acids is 1. The number of carbonyl (C=O) groups is 1. The van der Waals surface area contributed by atoms with Gasteiger partial charge in [-0.2, -0.15) is 0 Å². The molecule has 0 aromatic carbocycles. The maximum atomic E-state index is 11.9. The molecular weight excluding hydrogens is 248 g/mol. The zero-order valence-electron chi connectivity index (χ0n) is 10.2. The molecule has 0 spiro atoms. The highest BCUT2D eigenvalue weighted by atomic mass is 32.1. The highest BCUT2D eigenvalue weighted by Crippen LogP contribution is 2.23. The van der Waals surface area contributed by atoms with Crippen LogP contribution in [0.5, 0.6) is 0 Å². The van der Waals surface area contributed by atoms with Gasteiger partial charge in [-0.25, -0.2) is 0 Å². The Kier molecular flexibility index (Phi) is 4.49. The summed E-state index contributed by atoms with van der Waals surface area (Å²) in [4.78, 5) is 14.8. The highest BCUT2D eigenvalue weighted by Gasteiger charge is 2.23. The molecule has 2 rings (SSSR count). The van der Waals surface area contributed by atoms with Crippen molar-refractivity contribution in [1.82, 2.24) is 10.3 Å². The minimum Gasteiger partial charge on any atom is -0.393 e. The zero-order chi connectivity index (χ0) is 13.0. The highest BCUT2D eigenvalue weighted by molar-refractivity contribution is 7.71. The SMILES string of the molecule is O=C(NC[C@H]1CCCC[C@@H]1O)c1ccc[nH]c1=S. The minimum absolute atomic E-state index is 0.170. The quantitative estimate of drug-likeness (QED) is 0.733. The monoisotopic (exact) mass is 266 g/mol. The molecule has 2 atom stereocenters. The predicted molar refractivity (Wildman–Crippen MR) is 71.9 cm³/mol. The molecule has 5 heteroatoms. The summed E-state index contributed by atoms with van der Waals surface area (Å²) in [6.45, 7) is 0.518. The lowest BCUT2D eigenvalue weighted by Gasteiger charge is -2.27. The fraction of sp³-hybridized carbons (Fsp3) is 0.538. The minimum atomic E-state index is -0.288. The molecule has 1 aromatic rings. The van der Waals surface area contributed by atoms with Crippen LogP contribution < -0.4 is 5.32 Å². The number of aromatic nitrogens is 1. The third-order valence-corrected chi connectivity index (χ3v) is 3.79. The van der Waals surface area contributed by atoms with E-state index in [-0.39, 0.29) is 17.9 Å². The molecule has 4 nitrogen and oxygen atoms in total. The van der Waals surface area contributed by atoms with Gasteiger partial charge in [0.25, 0.3) is 5.91 Å². The van der Waals surface area contributed by atoms with Gasteiger partial charge in [0.1, 0.15) is 4.64 Å². The molecule has 0 saturated heterocycles. The molecule has 1 saturated carbocycles.